The molecule has 0 aromatic carbocycles. The predicted octanol–water partition coefficient (Wildman–Crippen LogP) is 4.10. The Labute approximate surface area is 91.2 Å². The van der Waals surface area contributed by atoms with E-state index in [0.717, 1.165) is 6.04 Å². The Morgan fingerprint density at radius 3 is 1.50 bits per heavy atom. The number of hydrogen-bond donors (Lipinski definition) is 0. The average Bonchev–Trinajstić information content (AvgIpc) is 2.52. The van der Waals surface area contributed by atoms with Crippen molar-refractivity contribution >= 4 is 0 Å². The van der Waals surface area contributed by atoms with Crippen molar-refractivity contribution in [3.63, 3.8) is 0 Å². The molecule has 1 aliphatic rings. The molecule has 0 spiro atoms. The van der Waals surface area contributed by atoms with E-state index in [2.05, 4.69) is 30.9 Å². The van der Waals surface area contributed by atoms with Crippen LogP contribution in [-0.4, -0.2) is 24.0 Å². The first-order chi connectivity index (χ1) is 6.80. The Morgan fingerprint density at radius 2 is 1.21 bits per heavy atom. The van der Waals surface area contributed by atoms with Crippen molar-refractivity contribution < 1.29 is 0 Å². The molecule has 1 nitrogen and oxygen atoms in total. The van der Waals surface area contributed by atoms with Gasteiger partial charge < -0.3 is 4.90 Å². The normalized spacial score (nSPS) is 16.2. The molecule has 0 aliphatic carbocycles. The third-order valence-corrected chi connectivity index (χ3v) is 2.06. The molecule has 1 heterocycles. The van der Waals surface area contributed by atoms with Gasteiger partial charge in [0.2, 0.25) is 0 Å². The van der Waals surface area contributed by atoms with Crippen LogP contribution in [0.4, 0.5) is 0 Å². The Kier molecular flexibility index (Phi) is 14.6. The monoisotopic (exact) mass is 199 g/mol. The summed E-state index contributed by atoms with van der Waals surface area (Å²) in [7, 11) is 0. The van der Waals surface area contributed by atoms with Crippen LogP contribution in [0.3, 0.4) is 0 Å². The zero-order valence-corrected chi connectivity index (χ0v) is 11.0. The fourth-order valence-corrected chi connectivity index (χ4v) is 1.34. The van der Waals surface area contributed by atoms with Crippen LogP contribution >= 0.6 is 0 Å². The molecule has 0 saturated carbocycles. The van der Waals surface area contributed by atoms with Crippen molar-refractivity contribution in [1.29, 1.82) is 0 Å². The van der Waals surface area contributed by atoms with Gasteiger partial charge in [0.1, 0.15) is 0 Å². The summed E-state index contributed by atoms with van der Waals surface area (Å²) in [5.74, 6) is 0. The van der Waals surface area contributed by atoms with Crippen molar-refractivity contribution in [1.82, 2.24) is 4.90 Å². The standard InChI is InChI=1S/C9H17N.2C2H6/c1-9(2)10-7-5-3-4-6-8-10;2*1-2/h3-4,9H,5-8H2,1-2H3;2*1-2H3. The molecule has 0 amide bonds. The number of nitrogens with zero attached hydrogens (tertiary/aromatic N) is 1. The van der Waals surface area contributed by atoms with E-state index in [4.69, 9.17) is 0 Å². The van der Waals surface area contributed by atoms with Crippen molar-refractivity contribution in [2.24, 2.45) is 0 Å². The quantitative estimate of drug-likeness (QED) is 0.575. The fourth-order valence-electron chi connectivity index (χ4n) is 1.34. The second-order valence-corrected chi connectivity index (χ2v) is 3.18. The van der Waals surface area contributed by atoms with Crippen LogP contribution < -0.4 is 0 Å². The summed E-state index contributed by atoms with van der Waals surface area (Å²) in [5.41, 5.74) is 0. The first-order valence-electron chi connectivity index (χ1n) is 6.20. The molecule has 1 heteroatoms. The zero-order valence-electron chi connectivity index (χ0n) is 11.0. The van der Waals surface area contributed by atoms with Crippen molar-refractivity contribution in [3.8, 4) is 0 Å². The van der Waals surface area contributed by atoms with Crippen LogP contribution in [0.5, 0.6) is 0 Å². The summed E-state index contributed by atoms with van der Waals surface area (Å²) in [6, 6.07) is 0.722. The highest BCUT2D eigenvalue weighted by molar-refractivity contribution is 4.87. The van der Waals surface area contributed by atoms with Crippen molar-refractivity contribution in [2.45, 2.75) is 60.4 Å². The molecule has 0 N–H and O–H groups in total. The minimum atomic E-state index is 0.722. The Morgan fingerprint density at radius 1 is 0.857 bits per heavy atom. The highest BCUT2D eigenvalue weighted by Gasteiger charge is 2.07. The SMILES string of the molecule is CC.CC.CC(C)N1CCC=CCC1. The van der Waals surface area contributed by atoms with Crippen LogP contribution in [0.1, 0.15) is 54.4 Å². The third kappa shape index (κ3) is 8.31. The van der Waals surface area contributed by atoms with Gasteiger partial charge in [-0.15, -0.1) is 0 Å². The molecule has 86 valence electrons. The third-order valence-electron chi connectivity index (χ3n) is 2.06. The van der Waals surface area contributed by atoms with E-state index in [1.165, 1.54) is 25.9 Å². The number of rotatable bonds is 1. The van der Waals surface area contributed by atoms with Crippen molar-refractivity contribution in [3.05, 3.63) is 12.2 Å². The molecule has 1 rings (SSSR count). The topological polar surface area (TPSA) is 3.24 Å². The molecule has 0 aromatic rings. The first-order valence-corrected chi connectivity index (χ1v) is 6.20. The molecule has 0 unspecified atom stereocenters. The van der Waals surface area contributed by atoms with Gasteiger partial charge in [0.15, 0.2) is 0 Å². The Hall–Kier alpha value is -0.300. The van der Waals surface area contributed by atoms with E-state index < -0.39 is 0 Å². The average molecular weight is 199 g/mol. The molecule has 14 heavy (non-hydrogen) atoms. The molecule has 0 radical (unpaired) electrons. The Balaban J connectivity index is 0. The summed E-state index contributed by atoms with van der Waals surface area (Å²) < 4.78 is 0. The molecule has 1 aliphatic heterocycles. The lowest BCUT2D eigenvalue weighted by Gasteiger charge is -2.23. The highest BCUT2D eigenvalue weighted by Crippen LogP contribution is 2.05. The van der Waals surface area contributed by atoms with Crippen LogP contribution in [0.15, 0.2) is 12.2 Å². The lowest BCUT2D eigenvalue weighted by atomic mass is 10.3. The van der Waals surface area contributed by atoms with E-state index in [1.54, 1.807) is 0 Å². The van der Waals surface area contributed by atoms with E-state index in [1.807, 2.05) is 27.7 Å². The smallest absolute Gasteiger partial charge is 0.00388 e. The maximum atomic E-state index is 2.53. The van der Waals surface area contributed by atoms with E-state index in [9.17, 15) is 0 Å². The van der Waals surface area contributed by atoms with Gasteiger partial charge >= 0.3 is 0 Å². The van der Waals surface area contributed by atoms with E-state index >= 15 is 0 Å². The Bertz CT molecular complexity index is 106. The summed E-state index contributed by atoms with van der Waals surface area (Å²) in [5, 5.41) is 0. The van der Waals surface area contributed by atoms with Gasteiger partial charge in [0.05, 0.1) is 0 Å². The summed E-state index contributed by atoms with van der Waals surface area (Å²) in [6.45, 7) is 15.0. The van der Waals surface area contributed by atoms with Gasteiger partial charge in [0, 0.05) is 19.1 Å². The maximum absolute atomic E-state index is 2.53. The molecular weight excluding hydrogens is 170 g/mol. The van der Waals surface area contributed by atoms with Crippen LogP contribution in [0.25, 0.3) is 0 Å². The van der Waals surface area contributed by atoms with Gasteiger partial charge in [-0.05, 0) is 26.7 Å². The van der Waals surface area contributed by atoms with Crippen LogP contribution in [0, 0.1) is 0 Å². The van der Waals surface area contributed by atoms with Gasteiger partial charge in [-0.2, -0.15) is 0 Å². The molecule has 0 atom stereocenters. The molecule has 0 aromatic heterocycles. The largest absolute Gasteiger partial charge is 0.300 e. The zero-order chi connectivity index (χ0) is 11.4. The summed E-state index contributed by atoms with van der Waals surface area (Å²) in [4.78, 5) is 2.53. The lowest BCUT2D eigenvalue weighted by Crippen LogP contribution is -2.31. The second kappa shape index (κ2) is 12.7. The first kappa shape index (κ1) is 16.1. The van der Waals surface area contributed by atoms with Gasteiger partial charge in [-0.1, -0.05) is 39.8 Å². The van der Waals surface area contributed by atoms with Crippen LogP contribution in [-0.2, 0) is 0 Å². The lowest BCUT2D eigenvalue weighted by molar-refractivity contribution is 0.234. The molecule has 0 fully saturated rings. The minimum absolute atomic E-state index is 0.722. The summed E-state index contributed by atoms with van der Waals surface area (Å²) >= 11 is 0. The second-order valence-electron chi connectivity index (χ2n) is 3.18. The number of hydrogen-bond acceptors (Lipinski definition) is 1. The predicted molar refractivity (Wildman–Crippen MR) is 67.8 cm³/mol. The van der Waals surface area contributed by atoms with E-state index in [-0.39, 0.29) is 0 Å². The van der Waals surface area contributed by atoms with E-state index in [0.29, 0.717) is 0 Å². The van der Waals surface area contributed by atoms with Gasteiger partial charge in [-0.3, -0.25) is 0 Å². The maximum Gasteiger partial charge on any atom is 0.00388 e. The van der Waals surface area contributed by atoms with Crippen molar-refractivity contribution in [2.75, 3.05) is 13.1 Å². The summed E-state index contributed by atoms with van der Waals surface area (Å²) in [6.07, 6.45) is 7.06. The highest BCUT2D eigenvalue weighted by atomic mass is 15.1. The van der Waals surface area contributed by atoms with Gasteiger partial charge in [-0.25, -0.2) is 0 Å². The van der Waals surface area contributed by atoms with Gasteiger partial charge in [0.25, 0.3) is 0 Å². The molecule has 0 bridgehead atoms. The fraction of sp³-hybridized carbons (Fsp3) is 0.846. The molecule has 0 saturated heterocycles. The van der Waals surface area contributed by atoms with Crippen LogP contribution in [0.2, 0.25) is 0 Å². The minimum Gasteiger partial charge on any atom is -0.300 e. The molecular formula is C13H29N.